The fraction of sp³-hybridized carbons (Fsp3) is 0. The Morgan fingerprint density at radius 2 is 1.58 bits per heavy atom. The minimum absolute atomic E-state index is 0.196. The van der Waals surface area contributed by atoms with Gasteiger partial charge in [0.2, 0.25) is 0 Å². The van der Waals surface area contributed by atoms with Crippen LogP contribution in [0.2, 0.25) is 10.2 Å². The van der Waals surface area contributed by atoms with E-state index < -0.39 is 5.69 Å². The standard InChI is InChI=1S/C16H9Cl2N5O/c17-11-3-1-9(2-4-11)13-12(10-5-7-19-8-6-10)14(18)22-23-15(13)20-21-16(23)24/h1-8H,(H,21,24). The van der Waals surface area contributed by atoms with Crippen molar-refractivity contribution in [3.8, 4) is 22.3 Å². The number of aromatic amines is 1. The number of rotatable bonds is 2. The van der Waals surface area contributed by atoms with Gasteiger partial charge in [0.05, 0.1) is 0 Å². The van der Waals surface area contributed by atoms with Crippen LogP contribution in [0.3, 0.4) is 0 Å². The third kappa shape index (κ3) is 2.36. The summed E-state index contributed by atoms with van der Waals surface area (Å²) in [6.07, 6.45) is 3.33. The van der Waals surface area contributed by atoms with Gasteiger partial charge in [0.1, 0.15) is 0 Å². The first-order valence-corrected chi connectivity index (χ1v) is 7.74. The van der Waals surface area contributed by atoms with Gasteiger partial charge < -0.3 is 0 Å². The van der Waals surface area contributed by atoms with E-state index in [-0.39, 0.29) is 5.15 Å². The number of pyridine rings is 1. The van der Waals surface area contributed by atoms with E-state index in [1.165, 1.54) is 0 Å². The molecule has 0 radical (unpaired) electrons. The SMILES string of the molecule is O=c1[nH]nc2c(-c3ccc(Cl)cc3)c(-c3ccncc3)c(Cl)nn12. The van der Waals surface area contributed by atoms with Gasteiger partial charge in [0.25, 0.3) is 0 Å². The van der Waals surface area contributed by atoms with Crippen LogP contribution in [0.25, 0.3) is 27.9 Å². The molecule has 3 aromatic heterocycles. The van der Waals surface area contributed by atoms with Gasteiger partial charge in [-0.05, 0) is 35.4 Å². The molecule has 0 unspecified atom stereocenters. The van der Waals surface area contributed by atoms with E-state index in [0.717, 1.165) is 15.6 Å². The first kappa shape index (κ1) is 14.9. The van der Waals surface area contributed by atoms with Crippen molar-refractivity contribution in [2.75, 3.05) is 0 Å². The topological polar surface area (TPSA) is 75.9 Å². The fourth-order valence-electron chi connectivity index (χ4n) is 2.57. The minimum atomic E-state index is -0.455. The van der Waals surface area contributed by atoms with Crippen molar-refractivity contribution in [3.05, 3.63) is 69.5 Å². The second kappa shape index (κ2) is 5.74. The molecule has 8 heteroatoms. The van der Waals surface area contributed by atoms with Crippen LogP contribution in [-0.4, -0.2) is 24.8 Å². The molecule has 118 valence electrons. The number of fused-ring (bicyclic) bond motifs is 1. The lowest BCUT2D eigenvalue weighted by atomic mass is 9.97. The van der Waals surface area contributed by atoms with Crippen molar-refractivity contribution in [2.45, 2.75) is 0 Å². The van der Waals surface area contributed by atoms with E-state index in [1.807, 2.05) is 24.3 Å². The molecule has 4 rings (SSSR count). The zero-order valence-corrected chi connectivity index (χ0v) is 13.6. The molecule has 0 aliphatic carbocycles. The van der Waals surface area contributed by atoms with Gasteiger partial charge in [0, 0.05) is 28.5 Å². The number of nitrogens with zero attached hydrogens (tertiary/aromatic N) is 4. The summed E-state index contributed by atoms with van der Waals surface area (Å²) in [4.78, 5) is 15.9. The maximum Gasteiger partial charge on any atom is 0.364 e. The molecule has 24 heavy (non-hydrogen) atoms. The van der Waals surface area contributed by atoms with E-state index in [4.69, 9.17) is 23.2 Å². The Morgan fingerprint density at radius 1 is 0.917 bits per heavy atom. The Bertz CT molecular complexity index is 1090. The van der Waals surface area contributed by atoms with Gasteiger partial charge in [-0.25, -0.2) is 9.89 Å². The third-order valence-corrected chi connectivity index (χ3v) is 4.14. The van der Waals surface area contributed by atoms with Gasteiger partial charge in [-0.1, -0.05) is 35.3 Å². The summed E-state index contributed by atoms with van der Waals surface area (Å²) >= 11 is 12.4. The van der Waals surface area contributed by atoms with E-state index >= 15 is 0 Å². The highest BCUT2D eigenvalue weighted by Crippen LogP contribution is 2.38. The summed E-state index contributed by atoms with van der Waals surface area (Å²) in [6, 6.07) is 10.9. The van der Waals surface area contributed by atoms with Gasteiger partial charge in [-0.15, -0.1) is 5.10 Å². The van der Waals surface area contributed by atoms with Gasteiger partial charge in [-0.2, -0.15) is 9.61 Å². The summed E-state index contributed by atoms with van der Waals surface area (Å²) < 4.78 is 1.15. The maximum atomic E-state index is 11.9. The van der Waals surface area contributed by atoms with Crippen molar-refractivity contribution in [1.29, 1.82) is 0 Å². The Kier molecular flexibility index (Phi) is 3.55. The maximum absolute atomic E-state index is 11.9. The average Bonchev–Trinajstić information content (AvgIpc) is 2.96. The van der Waals surface area contributed by atoms with Crippen LogP contribution < -0.4 is 5.69 Å². The molecule has 1 aromatic carbocycles. The molecule has 0 saturated carbocycles. The second-order valence-electron chi connectivity index (χ2n) is 5.05. The van der Waals surface area contributed by atoms with Gasteiger partial charge in [-0.3, -0.25) is 4.98 Å². The van der Waals surface area contributed by atoms with Crippen molar-refractivity contribution < 1.29 is 0 Å². The molecular weight excluding hydrogens is 349 g/mol. The first-order valence-electron chi connectivity index (χ1n) is 6.98. The molecule has 0 aliphatic rings. The average molecular weight is 358 g/mol. The smallest absolute Gasteiger partial charge is 0.265 e. The lowest BCUT2D eigenvalue weighted by Gasteiger charge is -2.12. The quantitative estimate of drug-likeness (QED) is 0.596. The minimum Gasteiger partial charge on any atom is -0.265 e. The molecule has 0 atom stereocenters. The molecule has 0 saturated heterocycles. The molecule has 1 N–H and O–H groups in total. The van der Waals surface area contributed by atoms with Crippen molar-refractivity contribution in [3.63, 3.8) is 0 Å². The first-order chi connectivity index (χ1) is 11.6. The zero-order chi connectivity index (χ0) is 16.7. The Hall–Kier alpha value is -2.70. The largest absolute Gasteiger partial charge is 0.364 e. The van der Waals surface area contributed by atoms with Crippen LogP contribution in [0.1, 0.15) is 0 Å². The van der Waals surface area contributed by atoms with E-state index in [9.17, 15) is 4.79 Å². The third-order valence-electron chi connectivity index (χ3n) is 3.62. The van der Waals surface area contributed by atoms with Gasteiger partial charge >= 0.3 is 5.69 Å². The van der Waals surface area contributed by atoms with Crippen LogP contribution >= 0.6 is 23.2 Å². The highest BCUT2D eigenvalue weighted by Gasteiger charge is 2.20. The van der Waals surface area contributed by atoms with E-state index in [0.29, 0.717) is 21.8 Å². The summed E-state index contributed by atoms with van der Waals surface area (Å²) in [5.74, 6) is 0. The predicted octanol–water partition coefficient (Wildman–Crippen LogP) is 3.45. The predicted molar refractivity (Wildman–Crippen MR) is 92.3 cm³/mol. The number of nitrogens with one attached hydrogen (secondary N) is 1. The second-order valence-corrected chi connectivity index (χ2v) is 5.84. The van der Waals surface area contributed by atoms with Crippen molar-refractivity contribution in [1.82, 2.24) is 24.8 Å². The van der Waals surface area contributed by atoms with Crippen LogP contribution in [0.15, 0.2) is 53.6 Å². The summed E-state index contributed by atoms with van der Waals surface area (Å²) in [6.45, 7) is 0. The highest BCUT2D eigenvalue weighted by molar-refractivity contribution is 6.33. The number of hydrogen-bond donors (Lipinski definition) is 1. The Balaban J connectivity index is 2.15. The molecule has 0 fully saturated rings. The molecule has 0 spiro atoms. The molecule has 4 aromatic rings. The normalized spacial score (nSPS) is 11.1. The number of aromatic nitrogens is 5. The highest BCUT2D eigenvalue weighted by atomic mass is 35.5. The number of H-pyrrole nitrogens is 1. The molecular formula is C16H9Cl2N5O. The lowest BCUT2D eigenvalue weighted by Crippen LogP contribution is -2.13. The lowest BCUT2D eigenvalue weighted by molar-refractivity contribution is 0.882. The van der Waals surface area contributed by atoms with Crippen LogP contribution in [-0.2, 0) is 0 Å². The summed E-state index contributed by atoms with van der Waals surface area (Å²) in [5, 5.41) is 11.5. The van der Waals surface area contributed by atoms with Crippen molar-refractivity contribution in [2.24, 2.45) is 0 Å². The molecule has 0 amide bonds. The van der Waals surface area contributed by atoms with Gasteiger partial charge in [0.15, 0.2) is 10.8 Å². The molecule has 0 aliphatic heterocycles. The summed E-state index contributed by atoms with van der Waals surface area (Å²) in [5.41, 5.74) is 2.94. The summed E-state index contributed by atoms with van der Waals surface area (Å²) in [7, 11) is 0. The van der Waals surface area contributed by atoms with E-state index in [1.54, 1.807) is 24.5 Å². The van der Waals surface area contributed by atoms with Crippen LogP contribution in [0.4, 0.5) is 0 Å². The zero-order valence-electron chi connectivity index (χ0n) is 12.1. The monoisotopic (exact) mass is 357 g/mol. The molecule has 3 heterocycles. The van der Waals surface area contributed by atoms with Crippen LogP contribution in [0.5, 0.6) is 0 Å². The van der Waals surface area contributed by atoms with Crippen LogP contribution in [0, 0.1) is 0 Å². The number of halogens is 2. The number of benzene rings is 1. The van der Waals surface area contributed by atoms with Crippen molar-refractivity contribution >= 4 is 28.8 Å². The number of hydrogen-bond acceptors (Lipinski definition) is 4. The molecule has 6 nitrogen and oxygen atoms in total. The fourth-order valence-corrected chi connectivity index (χ4v) is 2.98. The Labute approximate surface area is 145 Å². The molecule has 0 bridgehead atoms. The Morgan fingerprint density at radius 3 is 2.29 bits per heavy atom. The van der Waals surface area contributed by atoms with E-state index in [2.05, 4.69) is 20.3 Å².